The van der Waals surface area contributed by atoms with Crippen LogP contribution >= 0.6 is 11.3 Å². The molecule has 0 aromatic carbocycles. The van der Waals surface area contributed by atoms with Gasteiger partial charge in [0.25, 0.3) is 5.91 Å². The van der Waals surface area contributed by atoms with E-state index in [4.69, 9.17) is 10.5 Å². The molecule has 124 valence electrons. The molecule has 2 heterocycles. The fraction of sp³-hybridized carbons (Fsp3) is 0.429. The lowest BCUT2D eigenvalue weighted by molar-refractivity contribution is -0.136. The van der Waals surface area contributed by atoms with Gasteiger partial charge in [-0.1, -0.05) is 0 Å². The minimum Gasteiger partial charge on any atom is -0.474 e. The Morgan fingerprint density at radius 3 is 2.74 bits per heavy atom. The summed E-state index contributed by atoms with van der Waals surface area (Å²) in [6.07, 6.45) is -3.64. The highest BCUT2D eigenvalue weighted by atomic mass is 32.1. The predicted octanol–water partition coefficient (Wildman–Crippen LogP) is 2.54. The van der Waals surface area contributed by atoms with Gasteiger partial charge >= 0.3 is 6.18 Å². The van der Waals surface area contributed by atoms with E-state index in [1.807, 2.05) is 0 Å². The smallest absolute Gasteiger partial charge is 0.418 e. The van der Waals surface area contributed by atoms with E-state index in [2.05, 4.69) is 10.3 Å². The molecule has 0 bridgehead atoms. The van der Waals surface area contributed by atoms with Crippen molar-refractivity contribution in [2.75, 3.05) is 7.05 Å². The van der Waals surface area contributed by atoms with Crippen molar-refractivity contribution in [1.82, 2.24) is 10.3 Å². The fourth-order valence-electron chi connectivity index (χ4n) is 2.43. The monoisotopic (exact) mass is 345 g/mol. The molecule has 1 saturated carbocycles. The van der Waals surface area contributed by atoms with E-state index in [0.29, 0.717) is 12.8 Å². The summed E-state index contributed by atoms with van der Waals surface area (Å²) >= 11 is 0.840. The van der Waals surface area contributed by atoms with Crippen LogP contribution in [0.5, 0.6) is 5.88 Å². The van der Waals surface area contributed by atoms with Crippen molar-refractivity contribution >= 4 is 27.5 Å². The lowest BCUT2D eigenvalue weighted by Gasteiger charge is -2.32. The average Bonchev–Trinajstić information content (AvgIpc) is 2.86. The van der Waals surface area contributed by atoms with Gasteiger partial charge in [-0.05, 0) is 12.8 Å². The van der Waals surface area contributed by atoms with Crippen molar-refractivity contribution in [3.05, 3.63) is 22.6 Å². The van der Waals surface area contributed by atoms with E-state index >= 15 is 0 Å². The molecule has 9 heteroatoms. The highest BCUT2D eigenvalue weighted by Crippen LogP contribution is 2.40. The zero-order chi connectivity index (χ0) is 16.8. The molecule has 1 aliphatic carbocycles. The van der Waals surface area contributed by atoms with Gasteiger partial charge in [-0.2, -0.15) is 13.2 Å². The molecule has 2 aromatic heterocycles. The molecule has 0 atom stereocenters. The number of thiophene rings is 1. The maximum atomic E-state index is 13.3. The third-order valence-electron chi connectivity index (χ3n) is 3.70. The molecule has 0 radical (unpaired) electrons. The van der Waals surface area contributed by atoms with Crippen LogP contribution in [0.2, 0.25) is 0 Å². The quantitative estimate of drug-likeness (QED) is 0.896. The SMILES string of the molecule is CNC(=O)c1csc2c(C(F)(F)F)cc(O[C@H]3C[C@@H](N)C3)nc12. The van der Waals surface area contributed by atoms with Crippen LogP contribution in [0, 0.1) is 0 Å². The zero-order valence-corrected chi connectivity index (χ0v) is 12.9. The van der Waals surface area contributed by atoms with E-state index < -0.39 is 17.6 Å². The van der Waals surface area contributed by atoms with Gasteiger partial charge in [-0.15, -0.1) is 11.3 Å². The Morgan fingerprint density at radius 1 is 1.48 bits per heavy atom. The number of nitrogens with zero attached hydrogens (tertiary/aromatic N) is 1. The number of hydrogen-bond acceptors (Lipinski definition) is 5. The van der Waals surface area contributed by atoms with Gasteiger partial charge in [-0.25, -0.2) is 4.98 Å². The second kappa shape index (κ2) is 5.64. The molecule has 3 rings (SSSR count). The molecule has 1 aliphatic rings. The summed E-state index contributed by atoms with van der Waals surface area (Å²) in [5, 5.41) is 3.77. The minimum absolute atomic E-state index is 0.00259. The number of hydrogen-bond donors (Lipinski definition) is 2. The van der Waals surface area contributed by atoms with Crippen molar-refractivity contribution in [2.45, 2.75) is 31.2 Å². The van der Waals surface area contributed by atoms with Gasteiger partial charge in [0.2, 0.25) is 5.88 Å². The standard InChI is InChI=1S/C14H14F3N3O2S/c1-19-13(21)8-5-23-12-9(14(15,16)17)4-10(20-11(8)12)22-7-2-6(18)3-7/h4-7H,2-3,18H2,1H3,(H,19,21)/t6-,7+. The fourth-order valence-corrected chi connectivity index (χ4v) is 3.45. The summed E-state index contributed by atoms with van der Waals surface area (Å²) in [7, 11) is 1.41. The number of alkyl halides is 3. The number of pyridine rings is 1. The summed E-state index contributed by atoms with van der Waals surface area (Å²) in [5.74, 6) is -0.620. The van der Waals surface area contributed by atoms with Gasteiger partial charge in [0, 0.05) is 24.5 Å². The molecular weight excluding hydrogens is 331 g/mol. The van der Waals surface area contributed by atoms with Gasteiger partial charge in [-0.3, -0.25) is 4.79 Å². The summed E-state index contributed by atoms with van der Waals surface area (Å²) < 4.78 is 45.3. The Balaban J connectivity index is 2.08. The average molecular weight is 345 g/mol. The van der Waals surface area contributed by atoms with E-state index in [9.17, 15) is 18.0 Å². The van der Waals surface area contributed by atoms with E-state index in [1.165, 1.54) is 12.4 Å². The second-order valence-electron chi connectivity index (χ2n) is 5.38. The molecule has 1 fully saturated rings. The minimum atomic E-state index is -4.56. The number of rotatable bonds is 3. The van der Waals surface area contributed by atoms with Crippen molar-refractivity contribution in [3.8, 4) is 5.88 Å². The predicted molar refractivity (Wildman–Crippen MR) is 79.6 cm³/mol. The van der Waals surface area contributed by atoms with E-state index in [-0.39, 0.29) is 33.8 Å². The van der Waals surface area contributed by atoms with Crippen LogP contribution < -0.4 is 15.8 Å². The number of aromatic nitrogens is 1. The van der Waals surface area contributed by atoms with Crippen molar-refractivity contribution in [2.24, 2.45) is 5.73 Å². The topological polar surface area (TPSA) is 77.2 Å². The lowest BCUT2D eigenvalue weighted by atomic mass is 9.90. The first-order valence-electron chi connectivity index (χ1n) is 6.93. The molecule has 1 amide bonds. The summed E-state index contributed by atoms with van der Waals surface area (Å²) in [6.45, 7) is 0. The van der Waals surface area contributed by atoms with E-state index in [1.54, 1.807) is 0 Å². The van der Waals surface area contributed by atoms with Crippen LogP contribution in [-0.4, -0.2) is 30.1 Å². The van der Waals surface area contributed by atoms with Gasteiger partial charge in [0.05, 0.1) is 21.3 Å². The van der Waals surface area contributed by atoms with Crippen LogP contribution in [0.1, 0.15) is 28.8 Å². The molecule has 0 spiro atoms. The van der Waals surface area contributed by atoms with Gasteiger partial charge < -0.3 is 15.8 Å². The highest BCUT2D eigenvalue weighted by molar-refractivity contribution is 7.17. The molecule has 0 aliphatic heterocycles. The number of amides is 1. The van der Waals surface area contributed by atoms with Crippen molar-refractivity contribution < 1.29 is 22.7 Å². The van der Waals surface area contributed by atoms with Crippen LogP contribution in [0.25, 0.3) is 10.2 Å². The van der Waals surface area contributed by atoms with Crippen LogP contribution in [0.4, 0.5) is 13.2 Å². The summed E-state index contributed by atoms with van der Waals surface area (Å²) in [6, 6.07) is 0.893. The number of nitrogens with one attached hydrogen (secondary N) is 1. The lowest BCUT2D eigenvalue weighted by Crippen LogP contribution is -2.43. The number of carbonyl (C=O) groups excluding carboxylic acids is 1. The third kappa shape index (κ3) is 2.98. The molecule has 2 aromatic rings. The first-order valence-corrected chi connectivity index (χ1v) is 7.81. The first-order chi connectivity index (χ1) is 10.8. The second-order valence-corrected chi connectivity index (χ2v) is 6.26. The normalized spacial score (nSPS) is 21.1. The highest BCUT2D eigenvalue weighted by Gasteiger charge is 2.36. The number of ether oxygens (including phenoxy) is 1. The molecule has 0 saturated heterocycles. The van der Waals surface area contributed by atoms with Crippen LogP contribution in [-0.2, 0) is 6.18 Å². The van der Waals surface area contributed by atoms with Crippen molar-refractivity contribution in [3.63, 3.8) is 0 Å². The third-order valence-corrected chi connectivity index (χ3v) is 4.70. The van der Waals surface area contributed by atoms with Crippen molar-refractivity contribution in [1.29, 1.82) is 0 Å². The number of nitrogens with two attached hydrogens (primary N) is 1. The Kier molecular flexibility index (Phi) is 3.93. The number of carbonyl (C=O) groups is 1. The largest absolute Gasteiger partial charge is 0.474 e. The Labute approximate surface area is 133 Å². The zero-order valence-electron chi connectivity index (χ0n) is 12.1. The molecule has 0 unspecified atom stereocenters. The van der Waals surface area contributed by atoms with E-state index in [0.717, 1.165) is 17.4 Å². The van der Waals surface area contributed by atoms with Crippen LogP contribution in [0.15, 0.2) is 11.4 Å². The Hall–Kier alpha value is -1.87. The Morgan fingerprint density at radius 2 is 2.17 bits per heavy atom. The first kappa shape index (κ1) is 16.0. The molecule has 5 nitrogen and oxygen atoms in total. The maximum absolute atomic E-state index is 13.3. The van der Waals surface area contributed by atoms with Crippen LogP contribution in [0.3, 0.4) is 0 Å². The maximum Gasteiger partial charge on any atom is 0.418 e. The molecule has 23 heavy (non-hydrogen) atoms. The summed E-state index contributed by atoms with van der Waals surface area (Å²) in [5.41, 5.74) is 4.91. The summed E-state index contributed by atoms with van der Waals surface area (Å²) in [4.78, 5) is 15.9. The van der Waals surface area contributed by atoms with Gasteiger partial charge in [0.15, 0.2) is 0 Å². The molecular formula is C14H14F3N3O2S. The Bertz CT molecular complexity index is 754. The van der Waals surface area contributed by atoms with Gasteiger partial charge in [0.1, 0.15) is 6.10 Å². The molecule has 3 N–H and O–H groups in total. The number of halogens is 3. The number of fused-ring (bicyclic) bond motifs is 1.